The van der Waals surface area contributed by atoms with Crippen LogP contribution in [0.25, 0.3) is 5.57 Å². The molecule has 1 unspecified atom stereocenters. The van der Waals surface area contributed by atoms with Crippen molar-refractivity contribution in [2.75, 3.05) is 13.7 Å². The lowest BCUT2D eigenvalue weighted by Crippen LogP contribution is -2.28. The lowest BCUT2D eigenvalue weighted by Gasteiger charge is -2.32. The van der Waals surface area contributed by atoms with Crippen molar-refractivity contribution in [2.24, 2.45) is 5.92 Å². The standard InChI is InChI=1S/C25H26O5/c1-4-6-16-18-11-14(19(27)12-26)9-10-17(18)24(28)23-21(16)13(2)15-7-5-8-20(30-3)22(15)25(23)29/h5,7-8,14,26,28H,2,4,6,9-12H2,1,3H3. The Morgan fingerprint density at radius 2 is 2.00 bits per heavy atom. The summed E-state index contributed by atoms with van der Waals surface area (Å²) in [6.07, 6.45) is 3.10. The average Bonchev–Trinajstić information content (AvgIpc) is 2.77. The summed E-state index contributed by atoms with van der Waals surface area (Å²) in [6, 6.07) is 5.42. The molecule has 1 atom stereocenters. The number of phenolic OH excluding ortho intramolecular Hbond substituents is 1. The highest BCUT2D eigenvalue weighted by atomic mass is 16.5. The predicted molar refractivity (Wildman–Crippen MR) is 114 cm³/mol. The maximum Gasteiger partial charge on any atom is 0.201 e. The van der Waals surface area contributed by atoms with Crippen molar-refractivity contribution >= 4 is 17.1 Å². The molecular weight excluding hydrogens is 380 g/mol. The van der Waals surface area contributed by atoms with E-state index in [4.69, 9.17) is 4.74 Å². The molecular formula is C25H26O5. The molecule has 0 aromatic heterocycles. The molecule has 156 valence electrons. The first-order valence-corrected chi connectivity index (χ1v) is 10.4. The summed E-state index contributed by atoms with van der Waals surface area (Å²) in [6.45, 7) is 5.88. The van der Waals surface area contributed by atoms with Gasteiger partial charge in [0, 0.05) is 11.5 Å². The number of rotatable bonds is 5. The molecule has 0 saturated carbocycles. The Hall–Kier alpha value is -2.92. The quantitative estimate of drug-likeness (QED) is 0.676. The molecule has 2 aliphatic carbocycles. The molecule has 2 aromatic carbocycles. The van der Waals surface area contributed by atoms with Crippen LogP contribution in [-0.4, -0.2) is 35.5 Å². The van der Waals surface area contributed by atoms with E-state index in [1.54, 1.807) is 6.07 Å². The number of Topliss-reactive ketones (excluding diaryl/α,β-unsaturated/α-hetero) is 1. The van der Waals surface area contributed by atoms with E-state index in [1.165, 1.54) is 7.11 Å². The number of hydrogen-bond donors (Lipinski definition) is 2. The maximum absolute atomic E-state index is 13.5. The summed E-state index contributed by atoms with van der Waals surface area (Å²) < 4.78 is 5.42. The van der Waals surface area contributed by atoms with Crippen LogP contribution in [0.4, 0.5) is 0 Å². The van der Waals surface area contributed by atoms with Crippen molar-refractivity contribution in [1.82, 2.24) is 0 Å². The number of carbonyl (C=O) groups is 2. The van der Waals surface area contributed by atoms with Crippen LogP contribution in [0.1, 0.15) is 63.5 Å². The van der Waals surface area contributed by atoms with Crippen LogP contribution in [0.3, 0.4) is 0 Å². The number of fused-ring (bicyclic) bond motifs is 3. The molecule has 0 saturated heterocycles. The first kappa shape index (κ1) is 20.4. The molecule has 0 heterocycles. The predicted octanol–water partition coefficient (Wildman–Crippen LogP) is 3.63. The molecule has 0 fully saturated rings. The molecule has 0 aliphatic heterocycles. The van der Waals surface area contributed by atoms with Crippen LogP contribution in [0.5, 0.6) is 11.5 Å². The van der Waals surface area contributed by atoms with E-state index in [1.807, 2.05) is 12.1 Å². The molecule has 5 nitrogen and oxygen atoms in total. The Labute approximate surface area is 176 Å². The smallest absolute Gasteiger partial charge is 0.201 e. The van der Waals surface area contributed by atoms with Gasteiger partial charge >= 0.3 is 0 Å². The second kappa shape index (κ2) is 7.73. The van der Waals surface area contributed by atoms with Crippen molar-refractivity contribution in [3.05, 3.63) is 63.7 Å². The van der Waals surface area contributed by atoms with E-state index in [-0.39, 0.29) is 23.2 Å². The molecule has 0 bridgehead atoms. The van der Waals surface area contributed by atoms with Gasteiger partial charge in [-0.05, 0) is 59.6 Å². The molecule has 0 amide bonds. The zero-order valence-electron chi connectivity index (χ0n) is 17.4. The van der Waals surface area contributed by atoms with Gasteiger partial charge in [-0.25, -0.2) is 0 Å². The summed E-state index contributed by atoms with van der Waals surface area (Å²) in [7, 11) is 1.52. The maximum atomic E-state index is 13.5. The van der Waals surface area contributed by atoms with Crippen LogP contribution in [0.2, 0.25) is 0 Å². The number of methoxy groups -OCH3 is 1. The molecule has 0 radical (unpaired) electrons. The highest BCUT2D eigenvalue weighted by molar-refractivity contribution is 6.22. The molecule has 2 aliphatic rings. The number of aromatic hydroxyl groups is 1. The molecule has 4 rings (SSSR count). The SMILES string of the molecule is C=C1c2cccc(OC)c2C(=O)c2c(O)c3c(c(CCC)c21)CC(C(=O)CO)CC3. The first-order valence-electron chi connectivity index (χ1n) is 10.4. The Morgan fingerprint density at radius 1 is 1.23 bits per heavy atom. The minimum atomic E-state index is -0.474. The fourth-order valence-corrected chi connectivity index (χ4v) is 5.01. The van der Waals surface area contributed by atoms with Gasteiger partial charge in [-0.3, -0.25) is 9.59 Å². The summed E-state index contributed by atoms with van der Waals surface area (Å²) in [5.74, 6) is -0.235. The van der Waals surface area contributed by atoms with Crippen LogP contribution in [-0.2, 0) is 24.1 Å². The molecule has 2 N–H and O–H groups in total. The average molecular weight is 406 g/mol. The third-order valence-electron chi connectivity index (χ3n) is 6.43. The zero-order chi connectivity index (χ0) is 21.6. The highest BCUT2D eigenvalue weighted by Crippen LogP contribution is 2.48. The van der Waals surface area contributed by atoms with Crippen molar-refractivity contribution in [1.29, 1.82) is 0 Å². The van der Waals surface area contributed by atoms with E-state index < -0.39 is 6.61 Å². The number of aliphatic hydroxyl groups excluding tert-OH is 1. The Kier molecular flexibility index (Phi) is 5.24. The van der Waals surface area contributed by atoms with Gasteiger partial charge in [0.05, 0.1) is 18.2 Å². The van der Waals surface area contributed by atoms with Crippen molar-refractivity contribution in [3.8, 4) is 11.5 Å². The Morgan fingerprint density at radius 3 is 2.67 bits per heavy atom. The highest BCUT2D eigenvalue weighted by Gasteiger charge is 2.38. The van der Waals surface area contributed by atoms with Crippen LogP contribution < -0.4 is 4.74 Å². The molecule has 5 heteroatoms. The second-order valence-electron chi connectivity index (χ2n) is 8.04. The topological polar surface area (TPSA) is 83.8 Å². The number of carbonyl (C=O) groups excluding carboxylic acids is 2. The first-order chi connectivity index (χ1) is 14.4. The molecule has 30 heavy (non-hydrogen) atoms. The van der Waals surface area contributed by atoms with Crippen molar-refractivity contribution in [2.45, 2.75) is 39.0 Å². The monoisotopic (exact) mass is 406 g/mol. The summed E-state index contributed by atoms with van der Waals surface area (Å²) >= 11 is 0. The van der Waals surface area contributed by atoms with Crippen LogP contribution >= 0.6 is 0 Å². The van der Waals surface area contributed by atoms with E-state index in [2.05, 4.69) is 13.5 Å². The Balaban J connectivity index is 1.99. The van der Waals surface area contributed by atoms with Gasteiger partial charge in [-0.2, -0.15) is 0 Å². The van der Waals surface area contributed by atoms with E-state index in [0.717, 1.165) is 29.5 Å². The van der Waals surface area contributed by atoms with Gasteiger partial charge in [0.15, 0.2) is 5.78 Å². The lowest BCUT2D eigenvalue weighted by molar-refractivity contribution is -0.125. The fraction of sp³-hybridized carbons (Fsp3) is 0.360. The van der Waals surface area contributed by atoms with Crippen molar-refractivity contribution in [3.63, 3.8) is 0 Å². The summed E-state index contributed by atoms with van der Waals surface area (Å²) in [4.78, 5) is 25.7. The van der Waals surface area contributed by atoms with E-state index >= 15 is 0 Å². The van der Waals surface area contributed by atoms with Gasteiger partial charge in [-0.1, -0.05) is 32.1 Å². The second-order valence-corrected chi connectivity index (χ2v) is 8.04. The fourth-order valence-electron chi connectivity index (χ4n) is 5.01. The number of ketones is 2. The van der Waals surface area contributed by atoms with E-state index in [0.29, 0.717) is 52.8 Å². The van der Waals surface area contributed by atoms with Gasteiger partial charge in [-0.15, -0.1) is 0 Å². The van der Waals surface area contributed by atoms with Crippen molar-refractivity contribution < 1.29 is 24.5 Å². The number of ether oxygens (including phenoxy) is 1. The Bertz CT molecular complexity index is 1080. The van der Waals surface area contributed by atoms with Crippen LogP contribution in [0.15, 0.2) is 24.8 Å². The van der Waals surface area contributed by atoms with Gasteiger partial charge in [0.1, 0.15) is 18.1 Å². The lowest BCUT2D eigenvalue weighted by atomic mass is 9.71. The number of aliphatic hydroxyl groups is 1. The third-order valence-corrected chi connectivity index (χ3v) is 6.43. The number of hydrogen-bond acceptors (Lipinski definition) is 5. The summed E-state index contributed by atoms with van der Waals surface area (Å²) in [5.41, 5.74) is 5.49. The number of benzene rings is 2. The molecule has 2 aromatic rings. The zero-order valence-corrected chi connectivity index (χ0v) is 17.4. The summed E-state index contributed by atoms with van der Waals surface area (Å²) in [5, 5.41) is 20.5. The van der Waals surface area contributed by atoms with Gasteiger partial charge in [0.25, 0.3) is 0 Å². The number of phenols is 1. The minimum absolute atomic E-state index is 0.00235. The normalized spacial score (nSPS) is 17.2. The van der Waals surface area contributed by atoms with Gasteiger partial charge < -0.3 is 14.9 Å². The largest absolute Gasteiger partial charge is 0.507 e. The van der Waals surface area contributed by atoms with E-state index in [9.17, 15) is 19.8 Å². The minimum Gasteiger partial charge on any atom is -0.507 e. The third kappa shape index (κ3) is 2.88. The van der Waals surface area contributed by atoms with Gasteiger partial charge in [0.2, 0.25) is 5.78 Å². The van der Waals surface area contributed by atoms with Crippen LogP contribution in [0, 0.1) is 5.92 Å². The molecule has 0 spiro atoms.